The molecule has 0 spiro atoms. The molecule has 4 heteroatoms. The smallest absolute Gasteiger partial charge is 0.185 e. The van der Waals surface area contributed by atoms with Gasteiger partial charge in [0.25, 0.3) is 0 Å². The summed E-state index contributed by atoms with van der Waals surface area (Å²) in [7, 11) is 3.19. The molecule has 1 unspecified atom stereocenters. The number of benzene rings is 1. The Kier molecular flexibility index (Phi) is 2.79. The van der Waals surface area contributed by atoms with Crippen LogP contribution < -0.4 is 9.47 Å². The van der Waals surface area contributed by atoms with Crippen LogP contribution in [0.2, 0.25) is 0 Å². The molecule has 15 heavy (non-hydrogen) atoms. The third-order valence-corrected chi connectivity index (χ3v) is 2.59. The predicted molar refractivity (Wildman–Crippen MR) is 54.2 cm³/mol. The predicted octanol–water partition coefficient (Wildman–Crippen LogP) is 1.27. The van der Waals surface area contributed by atoms with Crippen molar-refractivity contribution in [2.24, 2.45) is 0 Å². The number of methoxy groups -OCH3 is 2. The first-order valence-corrected chi connectivity index (χ1v) is 4.81. The van der Waals surface area contributed by atoms with Gasteiger partial charge in [0.15, 0.2) is 6.29 Å². The Morgan fingerprint density at radius 2 is 1.93 bits per heavy atom. The van der Waals surface area contributed by atoms with Gasteiger partial charge in [-0.15, -0.1) is 0 Å². The Hall–Kier alpha value is -1.26. The maximum atomic E-state index is 9.74. The van der Waals surface area contributed by atoms with E-state index in [1.807, 2.05) is 6.07 Å². The van der Waals surface area contributed by atoms with E-state index < -0.39 is 6.29 Å². The minimum atomic E-state index is -0.918. The van der Waals surface area contributed by atoms with Crippen molar-refractivity contribution in [3.63, 3.8) is 0 Å². The molecule has 1 aliphatic heterocycles. The Morgan fingerprint density at radius 3 is 2.60 bits per heavy atom. The summed E-state index contributed by atoms with van der Waals surface area (Å²) in [4.78, 5) is 0. The second kappa shape index (κ2) is 4.08. The van der Waals surface area contributed by atoms with Crippen molar-refractivity contribution in [1.82, 2.24) is 0 Å². The fraction of sp³-hybridized carbons (Fsp3) is 0.455. The lowest BCUT2D eigenvalue weighted by molar-refractivity contribution is -0.111. The number of fused-ring (bicyclic) bond motifs is 1. The number of rotatable bonds is 2. The maximum Gasteiger partial charge on any atom is 0.185 e. The Balaban J connectivity index is 2.56. The highest BCUT2D eigenvalue weighted by Gasteiger charge is 2.25. The number of aliphatic hydroxyl groups excluding tert-OH is 1. The number of ether oxygens (including phenoxy) is 3. The highest BCUT2D eigenvalue weighted by atomic mass is 16.6. The van der Waals surface area contributed by atoms with Crippen molar-refractivity contribution < 1.29 is 19.3 Å². The third-order valence-electron chi connectivity index (χ3n) is 2.59. The van der Waals surface area contributed by atoms with Gasteiger partial charge in [-0.3, -0.25) is 0 Å². The number of hydrogen-bond donors (Lipinski definition) is 1. The average Bonchev–Trinajstić information content (AvgIpc) is 2.28. The Labute approximate surface area is 88.4 Å². The summed E-state index contributed by atoms with van der Waals surface area (Å²) in [5.74, 6) is 1.41. The number of aliphatic hydroxyl groups is 1. The summed E-state index contributed by atoms with van der Waals surface area (Å²) in [5.41, 5.74) is 1.65. The molecule has 0 saturated carbocycles. The normalized spacial score (nSPS) is 19.5. The molecule has 82 valence electrons. The molecule has 4 nitrogen and oxygen atoms in total. The van der Waals surface area contributed by atoms with Crippen molar-refractivity contribution in [3.05, 3.63) is 23.3 Å². The zero-order valence-electron chi connectivity index (χ0n) is 8.82. The monoisotopic (exact) mass is 210 g/mol. The molecule has 0 bridgehead atoms. The van der Waals surface area contributed by atoms with Crippen molar-refractivity contribution in [3.8, 4) is 11.5 Å². The van der Waals surface area contributed by atoms with Crippen molar-refractivity contribution in [2.45, 2.75) is 12.7 Å². The van der Waals surface area contributed by atoms with Gasteiger partial charge in [0.05, 0.1) is 26.4 Å². The van der Waals surface area contributed by atoms with Crippen LogP contribution in [0, 0.1) is 0 Å². The van der Waals surface area contributed by atoms with Crippen LogP contribution in [-0.2, 0) is 11.2 Å². The minimum Gasteiger partial charge on any atom is -0.496 e. The standard InChI is InChI=1S/C11H14O4/c1-13-8-3-4-9(14-2)10-7(8)5-6-15-11(10)12/h3-4,11-12H,5-6H2,1-2H3. The first-order chi connectivity index (χ1) is 7.27. The van der Waals surface area contributed by atoms with Gasteiger partial charge >= 0.3 is 0 Å². The fourth-order valence-corrected chi connectivity index (χ4v) is 1.88. The van der Waals surface area contributed by atoms with Gasteiger partial charge < -0.3 is 19.3 Å². The molecular formula is C11H14O4. The largest absolute Gasteiger partial charge is 0.496 e. The van der Waals surface area contributed by atoms with Crippen molar-refractivity contribution in [1.29, 1.82) is 0 Å². The summed E-state index contributed by atoms with van der Waals surface area (Å²) in [5, 5.41) is 9.74. The zero-order valence-corrected chi connectivity index (χ0v) is 8.82. The first-order valence-electron chi connectivity index (χ1n) is 4.81. The second-order valence-electron chi connectivity index (χ2n) is 3.34. The van der Waals surface area contributed by atoms with Crippen molar-refractivity contribution in [2.75, 3.05) is 20.8 Å². The third kappa shape index (κ3) is 1.66. The molecule has 1 atom stereocenters. The Bertz CT molecular complexity index is 362. The van der Waals surface area contributed by atoms with Crippen LogP contribution in [0.5, 0.6) is 11.5 Å². The highest BCUT2D eigenvalue weighted by molar-refractivity contribution is 5.50. The quantitative estimate of drug-likeness (QED) is 0.798. The van der Waals surface area contributed by atoms with Gasteiger partial charge in [-0.1, -0.05) is 0 Å². The molecular weight excluding hydrogens is 196 g/mol. The molecule has 0 radical (unpaired) electrons. The van der Waals surface area contributed by atoms with E-state index in [4.69, 9.17) is 14.2 Å². The SMILES string of the molecule is COc1ccc(OC)c2c1CCOC2O. The summed E-state index contributed by atoms with van der Waals surface area (Å²) in [6.45, 7) is 0.498. The first kappa shape index (κ1) is 10.3. The van der Waals surface area contributed by atoms with E-state index in [-0.39, 0.29) is 0 Å². The minimum absolute atomic E-state index is 0.498. The molecule has 1 aliphatic rings. The van der Waals surface area contributed by atoms with E-state index >= 15 is 0 Å². The lowest BCUT2D eigenvalue weighted by Crippen LogP contribution is -2.17. The van der Waals surface area contributed by atoms with E-state index in [0.29, 0.717) is 17.9 Å². The topological polar surface area (TPSA) is 47.9 Å². The van der Waals surface area contributed by atoms with Crippen LogP contribution in [0.1, 0.15) is 17.4 Å². The lowest BCUT2D eigenvalue weighted by Gasteiger charge is -2.25. The van der Waals surface area contributed by atoms with Gasteiger partial charge in [0, 0.05) is 12.0 Å². The van der Waals surface area contributed by atoms with E-state index in [2.05, 4.69) is 0 Å². The highest BCUT2D eigenvalue weighted by Crippen LogP contribution is 2.38. The average molecular weight is 210 g/mol. The van der Waals surface area contributed by atoms with Crippen LogP contribution in [0.15, 0.2) is 12.1 Å². The van der Waals surface area contributed by atoms with Crippen LogP contribution in [-0.4, -0.2) is 25.9 Å². The van der Waals surface area contributed by atoms with E-state index in [0.717, 1.165) is 17.7 Å². The van der Waals surface area contributed by atoms with Gasteiger partial charge in [-0.2, -0.15) is 0 Å². The number of hydrogen-bond acceptors (Lipinski definition) is 4. The van der Waals surface area contributed by atoms with Crippen molar-refractivity contribution >= 4 is 0 Å². The van der Waals surface area contributed by atoms with Crippen LogP contribution >= 0.6 is 0 Å². The summed E-state index contributed by atoms with van der Waals surface area (Å²) < 4.78 is 15.6. The van der Waals surface area contributed by atoms with Gasteiger partial charge in [0.1, 0.15) is 11.5 Å². The summed E-state index contributed by atoms with van der Waals surface area (Å²) >= 11 is 0. The molecule has 0 aliphatic carbocycles. The molecule has 0 amide bonds. The van der Waals surface area contributed by atoms with Gasteiger partial charge in [-0.25, -0.2) is 0 Å². The molecule has 1 aromatic rings. The molecule has 1 aromatic carbocycles. The second-order valence-corrected chi connectivity index (χ2v) is 3.34. The van der Waals surface area contributed by atoms with Crippen LogP contribution in [0.25, 0.3) is 0 Å². The van der Waals surface area contributed by atoms with E-state index in [1.54, 1.807) is 20.3 Å². The van der Waals surface area contributed by atoms with E-state index in [1.165, 1.54) is 0 Å². The summed E-state index contributed by atoms with van der Waals surface area (Å²) in [6.07, 6.45) is -0.189. The molecule has 1 N–H and O–H groups in total. The van der Waals surface area contributed by atoms with Gasteiger partial charge in [-0.05, 0) is 12.1 Å². The molecule has 0 saturated heterocycles. The van der Waals surface area contributed by atoms with Crippen LogP contribution in [0.4, 0.5) is 0 Å². The maximum absolute atomic E-state index is 9.74. The lowest BCUT2D eigenvalue weighted by atomic mass is 10.00. The Morgan fingerprint density at radius 1 is 1.27 bits per heavy atom. The molecule has 0 fully saturated rings. The molecule has 1 heterocycles. The van der Waals surface area contributed by atoms with Gasteiger partial charge in [0.2, 0.25) is 0 Å². The molecule has 2 rings (SSSR count). The molecule has 0 aromatic heterocycles. The fourth-order valence-electron chi connectivity index (χ4n) is 1.88. The van der Waals surface area contributed by atoms with Crippen LogP contribution in [0.3, 0.4) is 0 Å². The summed E-state index contributed by atoms with van der Waals surface area (Å²) in [6, 6.07) is 3.62. The van der Waals surface area contributed by atoms with E-state index in [9.17, 15) is 5.11 Å². The zero-order chi connectivity index (χ0) is 10.8.